The van der Waals surface area contributed by atoms with Crippen molar-refractivity contribution in [1.82, 2.24) is 4.90 Å². The lowest BCUT2D eigenvalue weighted by Gasteiger charge is -2.23. The van der Waals surface area contributed by atoms with Gasteiger partial charge in [-0.3, -0.25) is 4.90 Å². The minimum atomic E-state index is 0.670. The van der Waals surface area contributed by atoms with Gasteiger partial charge in [-0.2, -0.15) is 0 Å². The molecule has 0 aromatic heterocycles. The fraction of sp³-hybridized carbons (Fsp3) is 0.333. The van der Waals surface area contributed by atoms with Crippen LogP contribution in [0.2, 0.25) is 0 Å². The highest BCUT2D eigenvalue weighted by Crippen LogP contribution is 2.37. The Morgan fingerprint density at radius 2 is 2.05 bits per heavy atom. The molecule has 0 bridgehead atoms. The summed E-state index contributed by atoms with van der Waals surface area (Å²) in [4.78, 5) is 3.97. The number of fused-ring (bicyclic) bond motifs is 1. The zero-order chi connectivity index (χ0) is 14.7. The van der Waals surface area contributed by atoms with E-state index in [4.69, 9.17) is 5.73 Å². The van der Waals surface area contributed by atoms with Gasteiger partial charge in [-0.25, -0.2) is 0 Å². The molecule has 110 valence electrons. The second kappa shape index (κ2) is 6.54. The van der Waals surface area contributed by atoms with Crippen LogP contribution in [0.3, 0.4) is 0 Å². The first-order valence-electron chi connectivity index (χ1n) is 7.56. The van der Waals surface area contributed by atoms with Crippen molar-refractivity contribution in [2.24, 2.45) is 0 Å². The third-order valence-corrected chi connectivity index (χ3v) is 5.28. The Kier molecular flexibility index (Phi) is 4.51. The van der Waals surface area contributed by atoms with Gasteiger partial charge in [0.25, 0.3) is 0 Å². The zero-order valence-electron chi connectivity index (χ0n) is 12.5. The van der Waals surface area contributed by atoms with Crippen molar-refractivity contribution in [2.75, 3.05) is 18.8 Å². The third-order valence-electron chi connectivity index (χ3n) is 3.98. The maximum Gasteiger partial charge on any atom is 0.0317 e. The van der Waals surface area contributed by atoms with Gasteiger partial charge in [-0.05, 0) is 42.3 Å². The average Bonchev–Trinajstić information content (AvgIpc) is 2.89. The molecule has 1 unspecified atom stereocenters. The lowest BCUT2D eigenvalue weighted by molar-refractivity contribution is 0.281. The van der Waals surface area contributed by atoms with Gasteiger partial charge < -0.3 is 5.73 Å². The number of nitrogen functional groups attached to an aromatic ring is 1. The predicted octanol–water partition coefficient (Wildman–Crippen LogP) is 3.81. The number of thioether (sulfide) groups is 1. The van der Waals surface area contributed by atoms with E-state index >= 15 is 0 Å². The Balaban J connectivity index is 1.61. The lowest BCUT2D eigenvalue weighted by Crippen LogP contribution is -2.30. The molecular weight excluding hydrogens is 276 g/mol. The van der Waals surface area contributed by atoms with Crippen molar-refractivity contribution in [3.05, 3.63) is 59.7 Å². The second-order valence-corrected chi connectivity index (χ2v) is 6.97. The summed E-state index contributed by atoms with van der Waals surface area (Å²) >= 11 is 2.03. The summed E-state index contributed by atoms with van der Waals surface area (Å²) in [5, 5.41) is 0.670. The molecule has 1 atom stereocenters. The van der Waals surface area contributed by atoms with Crippen LogP contribution in [0.15, 0.2) is 53.4 Å². The molecule has 2 nitrogen and oxygen atoms in total. The molecule has 2 aromatic rings. The molecule has 2 aromatic carbocycles. The number of hydrogen-bond donors (Lipinski definition) is 1. The molecule has 1 aliphatic rings. The van der Waals surface area contributed by atoms with Crippen LogP contribution in [0.4, 0.5) is 5.69 Å². The normalized spacial score (nSPS) is 17.1. The van der Waals surface area contributed by atoms with Crippen molar-refractivity contribution < 1.29 is 0 Å². The molecule has 3 heteroatoms. The summed E-state index contributed by atoms with van der Waals surface area (Å²) in [7, 11) is 0. The van der Waals surface area contributed by atoms with Crippen LogP contribution in [0.25, 0.3) is 0 Å². The van der Waals surface area contributed by atoms with E-state index < -0.39 is 0 Å². The number of nitrogens with two attached hydrogens (primary N) is 1. The van der Waals surface area contributed by atoms with Crippen molar-refractivity contribution in [2.45, 2.75) is 30.0 Å². The van der Waals surface area contributed by atoms with Gasteiger partial charge in [0, 0.05) is 28.9 Å². The molecule has 3 rings (SSSR count). The van der Waals surface area contributed by atoms with Gasteiger partial charge in [-0.15, -0.1) is 11.8 Å². The molecule has 0 radical (unpaired) electrons. The lowest BCUT2D eigenvalue weighted by atomic mass is 10.1. The number of hydrogen-bond acceptors (Lipinski definition) is 3. The monoisotopic (exact) mass is 298 g/mol. The maximum absolute atomic E-state index is 5.87. The Bertz CT molecular complexity index is 587. The minimum Gasteiger partial charge on any atom is -0.399 e. The van der Waals surface area contributed by atoms with Crippen LogP contribution < -0.4 is 5.73 Å². The van der Waals surface area contributed by atoms with Gasteiger partial charge in [0.1, 0.15) is 0 Å². The molecule has 2 N–H and O–H groups in total. The first-order chi connectivity index (χ1) is 10.2. The Morgan fingerprint density at radius 3 is 2.81 bits per heavy atom. The van der Waals surface area contributed by atoms with Gasteiger partial charge in [0.2, 0.25) is 0 Å². The minimum absolute atomic E-state index is 0.670. The van der Waals surface area contributed by atoms with E-state index in [1.165, 1.54) is 22.4 Å². The fourth-order valence-electron chi connectivity index (χ4n) is 2.90. The molecule has 0 aliphatic carbocycles. The first kappa shape index (κ1) is 14.5. The van der Waals surface area contributed by atoms with Crippen LogP contribution in [0.1, 0.15) is 18.1 Å². The summed E-state index contributed by atoms with van der Waals surface area (Å²) in [5.41, 5.74) is 9.54. The quantitative estimate of drug-likeness (QED) is 0.851. The van der Waals surface area contributed by atoms with E-state index in [9.17, 15) is 0 Å². The van der Waals surface area contributed by atoms with E-state index in [0.717, 1.165) is 25.3 Å². The standard InChI is InChI=1S/C18H22N2S/c1-2-20(12-14-6-5-8-16(19)10-14)13-17-11-15-7-3-4-9-18(15)21-17/h3-10,17H,2,11-13,19H2,1H3. The van der Waals surface area contributed by atoms with Gasteiger partial charge in [0.05, 0.1) is 0 Å². The summed E-state index contributed by atoms with van der Waals surface area (Å²) in [6.07, 6.45) is 1.19. The van der Waals surface area contributed by atoms with Crippen LogP contribution >= 0.6 is 11.8 Å². The zero-order valence-corrected chi connectivity index (χ0v) is 13.3. The van der Waals surface area contributed by atoms with Crippen LogP contribution in [-0.4, -0.2) is 23.2 Å². The summed E-state index contributed by atoms with van der Waals surface area (Å²) in [6, 6.07) is 17.0. The van der Waals surface area contributed by atoms with Crippen molar-refractivity contribution >= 4 is 17.4 Å². The number of rotatable bonds is 5. The highest BCUT2D eigenvalue weighted by atomic mass is 32.2. The smallest absolute Gasteiger partial charge is 0.0317 e. The van der Waals surface area contributed by atoms with Crippen molar-refractivity contribution in [3.8, 4) is 0 Å². The van der Waals surface area contributed by atoms with Crippen LogP contribution in [0, 0.1) is 0 Å². The molecule has 0 fully saturated rings. The van der Waals surface area contributed by atoms with E-state index in [1.807, 2.05) is 23.9 Å². The number of anilines is 1. The van der Waals surface area contributed by atoms with E-state index in [0.29, 0.717) is 5.25 Å². The van der Waals surface area contributed by atoms with Crippen molar-refractivity contribution in [1.29, 1.82) is 0 Å². The summed E-state index contributed by atoms with van der Waals surface area (Å²) in [5.74, 6) is 0. The molecular formula is C18H22N2S. The van der Waals surface area contributed by atoms with Crippen molar-refractivity contribution in [3.63, 3.8) is 0 Å². The third kappa shape index (κ3) is 3.60. The maximum atomic E-state index is 5.87. The Morgan fingerprint density at radius 1 is 1.19 bits per heavy atom. The SMILES string of the molecule is CCN(Cc1cccc(N)c1)CC1Cc2ccccc2S1. The summed E-state index contributed by atoms with van der Waals surface area (Å²) in [6.45, 7) is 5.42. The highest BCUT2D eigenvalue weighted by Gasteiger charge is 2.23. The molecule has 0 spiro atoms. The average molecular weight is 298 g/mol. The number of nitrogens with zero attached hydrogens (tertiary/aromatic N) is 1. The van der Waals surface area contributed by atoms with E-state index in [1.54, 1.807) is 0 Å². The number of benzene rings is 2. The molecule has 0 amide bonds. The molecule has 1 heterocycles. The van der Waals surface area contributed by atoms with Crippen LogP contribution in [-0.2, 0) is 13.0 Å². The van der Waals surface area contributed by atoms with Gasteiger partial charge >= 0.3 is 0 Å². The molecule has 0 saturated heterocycles. The predicted molar refractivity (Wildman–Crippen MR) is 91.6 cm³/mol. The van der Waals surface area contributed by atoms with Gasteiger partial charge in [0.15, 0.2) is 0 Å². The molecule has 21 heavy (non-hydrogen) atoms. The summed E-state index contributed by atoms with van der Waals surface area (Å²) < 4.78 is 0. The molecule has 0 saturated carbocycles. The Hall–Kier alpha value is -1.45. The van der Waals surface area contributed by atoms with E-state index in [2.05, 4.69) is 48.2 Å². The van der Waals surface area contributed by atoms with Gasteiger partial charge in [-0.1, -0.05) is 37.3 Å². The van der Waals surface area contributed by atoms with Crippen LogP contribution in [0.5, 0.6) is 0 Å². The fourth-order valence-corrected chi connectivity index (χ4v) is 4.27. The topological polar surface area (TPSA) is 29.3 Å². The van der Waals surface area contributed by atoms with E-state index in [-0.39, 0.29) is 0 Å². The Labute approximate surface area is 131 Å². The molecule has 1 aliphatic heterocycles. The highest BCUT2D eigenvalue weighted by molar-refractivity contribution is 8.00. The second-order valence-electron chi connectivity index (χ2n) is 5.62. The first-order valence-corrected chi connectivity index (χ1v) is 8.44. The largest absolute Gasteiger partial charge is 0.399 e.